The largest absolute Gasteiger partial charge is 0.344 e. The number of nitrogens with one attached hydrogen (secondary N) is 1. The van der Waals surface area contributed by atoms with Crippen molar-refractivity contribution >= 4 is 21.8 Å². The van der Waals surface area contributed by atoms with E-state index in [1.54, 1.807) is 0 Å². The molecule has 4 heteroatoms. The summed E-state index contributed by atoms with van der Waals surface area (Å²) in [5, 5.41) is 3.04. The van der Waals surface area contributed by atoms with E-state index in [1.807, 2.05) is 54.1 Å². The summed E-state index contributed by atoms with van der Waals surface area (Å²) in [6.45, 7) is 4.94. The molecule has 20 heavy (non-hydrogen) atoms. The molecule has 0 aliphatic heterocycles. The lowest BCUT2D eigenvalue weighted by Crippen LogP contribution is -2.28. The van der Waals surface area contributed by atoms with Crippen LogP contribution in [0.1, 0.15) is 42.4 Å². The van der Waals surface area contributed by atoms with Crippen LogP contribution in [0.2, 0.25) is 0 Å². The smallest absolute Gasteiger partial charge is 0.268 e. The number of carbonyl (C=O) groups is 1. The van der Waals surface area contributed by atoms with Gasteiger partial charge in [-0.3, -0.25) is 4.79 Å². The zero-order valence-corrected chi connectivity index (χ0v) is 13.4. The minimum atomic E-state index is -0.0412. The monoisotopic (exact) mass is 334 g/mol. The molecule has 0 aliphatic rings. The highest BCUT2D eigenvalue weighted by Gasteiger charge is 2.15. The van der Waals surface area contributed by atoms with Crippen LogP contribution in [-0.4, -0.2) is 10.5 Å². The third-order valence-corrected chi connectivity index (χ3v) is 3.64. The first-order chi connectivity index (χ1) is 9.61. The van der Waals surface area contributed by atoms with E-state index in [1.165, 1.54) is 0 Å². The number of hydrogen-bond donors (Lipinski definition) is 1. The molecular weight excluding hydrogens is 316 g/mol. The third-order valence-electron chi connectivity index (χ3n) is 3.21. The predicted molar refractivity (Wildman–Crippen MR) is 84.7 cm³/mol. The third kappa shape index (κ3) is 3.51. The first-order valence-electron chi connectivity index (χ1n) is 6.83. The predicted octanol–water partition coefficient (Wildman–Crippen LogP) is 4.15. The molecule has 3 nitrogen and oxygen atoms in total. The molecule has 2 aromatic rings. The summed E-state index contributed by atoms with van der Waals surface area (Å²) in [6, 6.07) is 11.8. The molecule has 1 aromatic carbocycles. The maximum absolute atomic E-state index is 12.4. The van der Waals surface area contributed by atoms with Crippen molar-refractivity contribution in [3.63, 3.8) is 0 Å². The number of benzene rings is 1. The summed E-state index contributed by atoms with van der Waals surface area (Å²) in [5.74, 6) is -0.0412. The molecule has 0 saturated carbocycles. The average Bonchev–Trinajstić information content (AvgIpc) is 2.81. The van der Waals surface area contributed by atoms with Gasteiger partial charge in [0.2, 0.25) is 0 Å². The molecule has 0 spiro atoms. The lowest BCUT2D eigenvalue weighted by atomic mass is 10.1. The molecule has 1 atom stereocenters. The maximum Gasteiger partial charge on any atom is 0.268 e. The van der Waals surface area contributed by atoms with Gasteiger partial charge in [-0.25, -0.2) is 0 Å². The second-order valence-corrected chi connectivity index (χ2v) is 5.76. The van der Waals surface area contributed by atoms with Crippen LogP contribution in [-0.2, 0) is 6.54 Å². The van der Waals surface area contributed by atoms with Gasteiger partial charge in [0, 0.05) is 17.2 Å². The number of halogens is 1. The van der Waals surface area contributed by atoms with E-state index in [2.05, 4.69) is 28.2 Å². The van der Waals surface area contributed by atoms with Crippen LogP contribution in [0.5, 0.6) is 0 Å². The van der Waals surface area contributed by atoms with Crippen molar-refractivity contribution in [2.24, 2.45) is 0 Å². The number of aryl methyl sites for hydroxylation is 1. The Morgan fingerprint density at radius 3 is 2.70 bits per heavy atom. The van der Waals surface area contributed by atoms with E-state index < -0.39 is 0 Å². The second kappa shape index (κ2) is 6.75. The SMILES string of the molecule is CCCn1cc(Br)cc1C(=O)N[C@@H](C)c1ccccc1. The maximum atomic E-state index is 12.4. The lowest BCUT2D eigenvalue weighted by Gasteiger charge is -2.15. The highest BCUT2D eigenvalue weighted by Crippen LogP contribution is 2.17. The van der Waals surface area contributed by atoms with Crippen molar-refractivity contribution < 1.29 is 4.79 Å². The van der Waals surface area contributed by atoms with Crippen LogP contribution < -0.4 is 5.32 Å². The number of amides is 1. The van der Waals surface area contributed by atoms with Crippen molar-refractivity contribution in [1.29, 1.82) is 0 Å². The zero-order valence-electron chi connectivity index (χ0n) is 11.8. The first kappa shape index (κ1) is 14.9. The number of nitrogens with zero attached hydrogens (tertiary/aromatic N) is 1. The molecule has 1 N–H and O–H groups in total. The minimum absolute atomic E-state index is 0.00699. The quantitative estimate of drug-likeness (QED) is 0.875. The zero-order chi connectivity index (χ0) is 14.5. The molecule has 106 valence electrons. The number of rotatable bonds is 5. The van der Waals surface area contributed by atoms with Crippen LogP contribution in [0.15, 0.2) is 47.1 Å². The molecule has 1 heterocycles. The molecule has 0 unspecified atom stereocenters. The molecule has 0 aliphatic carbocycles. The second-order valence-electron chi connectivity index (χ2n) is 4.84. The average molecular weight is 335 g/mol. The fourth-order valence-electron chi connectivity index (χ4n) is 2.19. The normalized spacial score (nSPS) is 12.2. The highest BCUT2D eigenvalue weighted by atomic mass is 79.9. The Kier molecular flexibility index (Phi) is 5.01. The minimum Gasteiger partial charge on any atom is -0.344 e. The van der Waals surface area contributed by atoms with Crippen LogP contribution in [0, 0.1) is 0 Å². The molecule has 1 aromatic heterocycles. The summed E-state index contributed by atoms with van der Waals surface area (Å²) >= 11 is 3.43. The first-order valence-corrected chi connectivity index (χ1v) is 7.62. The Labute approximate surface area is 128 Å². The van der Waals surface area contributed by atoms with Gasteiger partial charge < -0.3 is 9.88 Å². The number of hydrogen-bond acceptors (Lipinski definition) is 1. The standard InChI is InChI=1S/C16H19BrN2O/c1-3-9-19-11-14(17)10-15(19)16(20)18-12(2)13-7-5-4-6-8-13/h4-8,10-12H,3,9H2,1-2H3,(H,18,20)/t12-/m0/s1. The van der Waals surface area contributed by atoms with E-state index in [-0.39, 0.29) is 11.9 Å². The van der Waals surface area contributed by atoms with Crippen molar-refractivity contribution in [3.8, 4) is 0 Å². The van der Waals surface area contributed by atoms with E-state index in [0.29, 0.717) is 5.69 Å². The van der Waals surface area contributed by atoms with Gasteiger partial charge in [0.15, 0.2) is 0 Å². The van der Waals surface area contributed by atoms with Crippen molar-refractivity contribution in [2.75, 3.05) is 0 Å². The van der Waals surface area contributed by atoms with Gasteiger partial charge in [-0.2, -0.15) is 0 Å². The number of aromatic nitrogens is 1. The van der Waals surface area contributed by atoms with Gasteiger partial charge in [-0.1, -0.05) is 37.3 Å². The Bertz CT molecular complexity index is 577. The molecule has 0 bridgehead atoms. The summed E-state index contributed by atoms with van der Waals surface area (Å²) in [6.07, 6.45) is 2.95. The van der Waals surface area contributed by atoms with E-state index in [4.69, 9.17) is 0 Å². The van der Waals surface area contributed by atoms with Gasteiger partial charge in [0.25, 0.3) is 5.91 Å². The molecular formula is C16H19BrN2O. The van der Waals surface area contributed by atoms with E-state index in [0.717, 1.165) is 23.0 Å². The van der Waals surface area contributed by atoms with Crippen LogP contribution in [0.25, 0.3) is 0 Å². The fraction of sp³-hybridized carbons (Fsp3) is 0.312. The van der Waals surface area contributed by atoms with E-state index >= 15 is 0 Å². The van der Waals surface area contributed by atoms with Crippen molar-refractivity contribution in [1.82, 2.24) is 9.88 Å². The summed E-state index contributed by atoms with van der Waals surface area (Å²) in [4.78, 5) is 12.4. The van der Waals surface area contributed by atoms with Gasteiger partial charge in [0.1, 0.15) is 5.69 Å². The Morgan fingerprint density at radius 1 is 1.35 bits per heavy atom. The van der Waals surface area contributed by atoms with Crippen LogP contribution in [0.4, 0.5) is 0 Å². The topological polar surface area (TPSA) is 34.0 Å². The van der Waals surface area contributed by atoms with E-state index in [9.17, 15) is 4.79 Å². The number of carbonyl (C=O) groups excluding carboxylic acids is 1. The molecule has 2 rings (SSSR count). The molecule has 0 saturated heterocycles. The van der Waals surface area contributed by atoms with Crippen LogP contribution >= 0.6 is 15.9 Å². The lowest BCUT2D eigenvalue weighted by molar-refractivity contribution is 0.0930. The van der Waals surface area contributed by atoms with Gasteiger partial charge in [-0.05, 0) is 40.9 Å². The Balaban J connectivity index is 2.12. The fourth-order valence-corrected chi connectivity index (χ4v) is 2.65. The highest BCUT2D eigenvalue weighted by molar-refractivity contribution is 9.10. The molecule has 0 fully saturated rings. The van der Waals surface area contributed by atoms with Crippen molar-refractivity contribution in [3.05, 3.63) is 58.3 Å². The molecule has 1 amide bonds. The molecule has 0 radical (unpaired) electrons. The summed E-state index contributed by atoms with van der Waals surface area (Å²) in [5.41, 5.74) is 1.80. The van der Waals surface area contributed by atoms with Gasteiger partial charge >= 0.3 is 0 Å². The van der Waals surface area contributed by atoms with Crippen molar-refractivity contribution in [2.45, 2.75) is 32.9 Å². The van der Waals surface area contributed by atoms with Gasteiger partial charge in [0.05, 0.1) is 6.04 Å². The Morgan fingerprint density at radius 2 is 2.05 bits per heavy atom. The Hall–Kier alpha value is -1.55. The van der Waals surface area contributed by atoms with Gasteiger partial charge in [-0.15, -0.1) is 0 Å². The van der Waals surface area contributed by atoms with Crippen LogP contribution in [0.3, 0.4) is 0 Å². The summed E-state index contributed by atoms with van der Waals surface area (Å²) < 4.78 is 2.92. The summed E-state index contributed by atoms with van der Waals surface area (Å²) in [7, 11) is 0.